The fourth-order valence-corrected chi connectivity index (χ4v) is 20.1. The second-order valence-electron chi connectivity index (χ2n) is 29.3. The minimum atomic E-state index is -0.961. The lowest BCUT2D eigenvalue weighted by atomic mass is 9.34. The Morgan fingerprint density at radius 3 is 1.65 bits per heavy atom. The van der Waals surface area contributed by atoms with Gasteiger partial charge < -0.3 is 4.74 Å². The molecule has 68 heavy (non-hydrogen) atoms. The maximum atomic E-state index is 15.7. The number of carbonyl (C=O) groups excluding carboxylic acids is 6. The van der Waals surface area contributed by atoms with Crippen LogP contribution in [0.15, 0.2) is 46.6 Å². The number of esters is 1. The lowest BCUT2D eigenvalue weighted by molar-refractivity contribution is -0.191. The quantitative estimate of drug-likeness (QED) is 0.205. The molecule has 7 nitrogen and oxygen atoms in total. The highest BCUT2D eigenvalue weighted by Gasteiger charge is 2.72. The maximum Gasteiger partial charge on any atom is 0.312 e. The van der Waals surface area contributed by atoms with Crippen molar-refractivity contribution in [1.82, 2.24) is 0 Å². The SMILES string of the molecule is COC(=O)C12CCC(C)(C)CC1C1C(=O)C=C3C4(C)C=C(C(=O)C5=CC6(C)C7=CC(=O)C8C9CC(C)(C)CCC9(C)CCC8C7(C)CCC6C(C)(C)C5=O)C(=O)C(C)(C)C4CCC3(C)C1(C)CC2. The molecule has 14 unspecified atom stereocenters. The van der Waals surface area contributed by atoms with Gasteiger partial charge in [-0.25, -0.2) is 0 Å². The Labute approximate surface area is 408 Å². The van der Waals surface area contributed by atoms with E-state index in [4.69, 9.17) is 4.74 Å². The minimum Gasteiger partial charge on any atom is -0.469 e. The number of ether oxygens (including phenoxy) is 1. The van der Waals surface area contributed by atoms with Crippen molar-refractivity contribution in [1.29, 1.82) is 0 Å². The maximum absolute atomic E-state index is 15.7. The van der Waals surface area contributed by atoms with Crippen LogP contribution in [0.4, 0.5) is 0 Å². The fraction of sp³-hybridized carbons (Fsp3) is 0.770. The molecule has 10 aliphatic carbocycles. The summed E-state index contributed by atoms with van der Waals surface area (Å²) in [5, 5.41) is 0. The molecule has 10 rings (SSSR count). The van der Waals surface area contributed by atoms with Gasteiger partial charge in [-0.1, -0.05) is 120 Å². The number of methoxy groups -OCH3 is 1. The van der Waals surface area contributed by atoms with E-state index in [-0.39, 0.29) is 97.4 Å². The predicted molar refractivity (Wildman–Crippen MR) is 265 cm³/mol. The zero-order valence-corrected chi connectivity index (χ0v) is 44.6. The molecular weight excluding hydrogens is 845 g/mol. The van der Waals surface area contributed by atoms with Crippen LogP contribution in [-0.2, 0) is 33.5 Å². The number of hydrogen-bond donors (Lipinski definition) is 0. The molecule has 0 bridgehead atoms. The predicted octanol–water partition coefficient (Wildman–Crippen LogP) is 12.8. The minimum absolute atomic E-state index is 0.0234. The van der Waals surface area contributed by atoms with Crippen molar-refractivity contribution in [3.05, 3.63) is 46.6 Å². The van der Waals surface area contributed by atoms with Gasteiger partial charge in [-0.3, -0.25) is 28.8 Å². The number of ketones is 5. The fourth-order valence-electron chi connectivity index (χ4n) is 20.1. The van der Waals surface area contributed by atoms with Crippen molar-refractivity contribution in [2.45, 2.75) is 187 Å². The Balaban J connectivity index is 1.07. The lowest BCUT2D eigenvalue weighted by Gasteiger charge is -2.68. The van der Waals surface area contributed by atoms with E-state index in [0.29, 0.717) is 25.2 Å². The van der Waals surface area contributed by atoms with Crippen LogP contribution in [0.1, 0.15) is 187 Å². The topological polar surface area (TPSA) is 112 Å². The summed E-state index contributed by atoms with van der Waals surface area (Å²) in [7, 11) is 1.48. The molecule has 0 spiro atoms. The molecule has 0 aromatic heterocycles. The highest BCUT2D eigenvalue weighted by Crippen LogP contribution is 2.76. The van der Waals surface area contributed by atoms with Crippen molar-refractivity contribution in [3.8, 4) is 0 Å². The summed E-state index contributed by atoms with van der Waals surface area (Å²) in [4.78, 5) is 90.0. The van der Waals surface area contributed by atoms with Crippen LogP contribution >= 0.6 is 0 Å². The van der Waals surface area contributed by atoms with Crippen molar-refractivity contribution < 1.29 is 33.5 Å². The van der Waals surface area contributed by atoms with Crippen LogP contribution in [0.2, 0.25) is 0 Å². The smallest absolute Gasteiger partial charge is 0.312 e. The van der Waals surface area contributed by atoms with Crippen LogP contribution in [0.25, 0.3) is 0 Å². The monoisotopic (exact) mass is 929 g/mol. The molecule has 0 aromatic rings. The van der Waals surface area contributed by atoms with Crippen LogP contribution in [0.5, 0.6) is 0 Å². The molecule has 0 aromatic carbocycles. The van der Waals surface area contributed by atoms with Gasteiger partial charge >= 0.3 is 5.97 Å². The highest BCUT2D eigenvalue weighted by atomic mass is 16.5. The third-order valence-electron chi connectivity index (χ3n) is 24.2. The van der Waals surface area contributed by atoms with Gasteiger partial charge in [-0.2, -0.15) is 0 Å². The van der Waals surface area contributed by atoms with E-state index in [1.54, 1.807) is 0 Å². The first kappa shape index (κ1) is 48.4. The Hall–Kier alpha value is -3.22. The average molecular weight is 929 g/mol. The first-order chi connectivity index (χ1) is 31.2. The summed E-state index contributed by atoms with van der Waals surface area (Å²) in [6.07, 6.45) is 20.3. The van der Waals surface area contributed by atoms with Crippen molar-refractivity contribution in [2.24, 2.45) is 101 Å². The summed E-state index contributed by atoms with van der Waals surface area (Å²) in [6.45, 7) is 30.9. The zero-order valence-electron chi connectivity index (χ0n) is 44.6. The van der Waals surface area contributed by atoms with Crippen LogP contribution in [-0.4, -0.2) is 42.0 Å². The molecule has 6 saturated carbocycles. The van der Waals surface area contributed by atoms with Crippen LogP contribution < -0.4 is 0 Å². The first-order valence-electron chi connectivity index (χ1n) is 27.0. The van der Waals surface area contributed by atoms with Gasteiger partial charge in [0, 0.05) is 33.5 Å². The van der Waals surface area contributed by atoms with E-state index < -0.39 is 43.7 Å². The van der Waals surface area contributed by atoms with Gasteiger partial charge in [-0.15, -0.1) is 0 Å². The Kier molecular flexibility index (Phi) is 10.2. The highest BCUT2D eigenvalue weighted by molar-refractivity contribution is 6.37. The van der Waals surface area contributed by atoms with E-state index in [1.807, 2.05) is 52.0 Å². The molecular formula is C61H84O7. The molecule has 7 heteroatoms. The van der Waals surface area contributed by atoms with Crippen molar-refractivity contribution in [2.75, 3.05) is 7.11 Å². The number of hydrogen-bond acceptors (Lipinski definition) is 7. The molecule has 0 radical (unpaired) electrons. The van der Waals surface area contributed by atoms with E-state index in [1.165, 1.54) is 13.5 Å². The Morgan fingerprint density at radius 2 is 1.06 bits per heavy atom. The second-order valence-corrected chi connectivity index (χ2v) is 29.3. The van der Waals surface area contributed by atoms with Crippen molar-refractivity contribution >= 4 is 34.9 Å². The zero-order chi connectivity index (χ0) is 49.7. The molecule has 0 aliphatic heterocycles. The van der Waals surface area contributed by atoms with Gasteiger partial charge in [0.2, 0.25) is 0 Å². The van der Waals surface area contributed by atoms with Gasteiger partial charge in [-0.05, 0) is 164 Å². The van der Waals surface area contributed by atoms with Gasteiger partial charge in [0.15, 0.2) is 28.9 Å². The number of rotatable bonds is 3. The van der Waals surface area contributed by atoms with Gasteiger partial charge in [0.1, 0.15) is 0 Å². The third-order valence-corrected chi connectivity index (χ3v) is 24.2. The van der Waals surface area contributed by atoms with Crippen LogP contribution in [0.3, 0.4) is 0 Å². The van der Waals surface area contributed by atoms with Crippen molar-refractivity contribution in [3.63, 3.8) is 0 Å². The van der Waals surface area contributed by atoms with Gasteiger partial charge in [0.25, 0.3) is 0 Å². The molecule has 370 valence electrons. The normalized spacial score (nSPS) is 48.1. The Morgan fingerprint density at radius 1 is 0.544 bits per heavy atom. The summed E-state index contributed by atoms with van der Waals surface area (Å²) in [5.41, 5.74) is -2.83. The van der Waals surface area contributed by atoms with E-state index in [9.17, 15) is 9.59 Å². The number of fused-ring (bicyclic) bond motifs is 14. The van der Waals surface area contributed by atoms with Gasteiger partial charge in [0.05, 0.1) is 23.7 Å². The third kappa shape index (κ3) is 5.94. The molecule has 14 atom stereocenters. The summed E-state index contributed by atoms with van der Waals surface area (Å²) in [5.74, 6) is -1.19. The van der Waals surface area contributed by atoms with E-state index in [2.05, 4.69) is 69.2 Å². The number of carbonyl (C=O) groups is 6. The van der Waals surface area contributed by atoms with E-state index >= 15 is 19.2 Å². The molecule has 10 aliphatic rings. The van der Waals surface area contributed by atoms with E-state index in [0.717, 1.165) is 75.4 Å². The summed E-state index contributed by atoms with van der Waals surface area (Å²) < 4.78 is 5.56. The van der Waals surface area contributed by atoms with Crippen LogP contribution in [0, 0.1) is 101 Å². The number of allylic oxidation sites excluding steroid dienone is 8. The summed E-state index contributed by atoms with van der Waals surface area (Å²) >= 11 is 0. The standard InChI is InChI=1S/C61H84O7/c1-51(2)22-24-55(9)19-16-36-45(37(55)32-51)39(62)28-43-56(36,10)20-17-41-53(5,6)48(65)34(30-57(41,43)11)47(64)35-31-58(12)42(54(7,8)49(35)66)18-21-59(13)44(58)29-40(63)46-38-33-52(3,4)23-26-61(38,50(67)68-15)27-25-60(46,59)14/h28-31,36-38,41-42,45-46H,16-27,32-33H2,1-15H3. The molecule has 0 saturated heterocycles. The molecule has 6 fully saturated rings. The largest absolute Gasteiger partial charge is 0.469 e. The molecule has 0 heterocycles. The number of Topliss-reactive ketones (excluding diaryl/α,β-unsaturated/α-hetero) is 3. The second kappa shape index (κ2) is 14.3. The lowest BCUT2D eigenvalue weighted by Crippen LogP contribution is -2.66. The molecule has 0 N–H and O–H groups in total. The first-order valence-corrected chi connectivity index (χ1v) is 27.0. The Bertz CT molecular complexity index is 2490. The average Bonchev–Trinajstić information content (AvgIpc) is 3.24. The summed E-state index contributed by atoms with van der Waals surface area (Å²) in [6, 6.07) is 0. The molecule has 0 amide bonds.